The first kappa shape index (κ1) is 11.6. The Morgan fingerprint density at radius 3 is 2.89 bits per heavy atom. The van der Waals surface area contributed by atoms with Crippen LogP contribution in [0.15, 0.2) is 27.8 Å². The molecule has 0 bridgehead atoms. The molecule has 1 aliphatic rings. The lowest BCUT2D eigenvalue weighted by Gasteiger charge is -2.37. The molecular weight excluding hydrogens is 294 g/mol. The highest BCUT2D eigenvalue weighted by Gasteiger charge is 2.40. The number of isocyanates is 1. The third-order valence-corrected chi connectivity index (χ3v) is 4.33. The molecule has 0 N–H and O–H groups in total. The van der Waals surface area contributed by atoms with Gasteiger partial charge in [0.05, 0.1) is 11.1 Å². The molecule has 1 aromatic heterocycles. The van der Waals surface area contributed by atoms with Gasteiger partial charge in [-0.2, -0.15) is 10.1 Å². The highest BCUT2D eigenvalue weighted by molar-refractivity contribution is 9.10. The first-order chi connectivity index (χ1) is 8.68. The van der Waals surface area contributed by atoms with Crippen LogP contribution in [0.5, 0.6) is 0 Å². The molecule has 0 spiro atoms. The van der Waals surface area contributed by atoms with E-state index in [1.165, 1.54) is 0 Å². The fourth-order valence-corrected chi connectivity index (χ4v) is 3.34. The summed E-state index contributed by atoms with van der Waals surface area (Å²) in [7, 11) is 1.91. The Labute approximate surface area is 113 Å². The highest BCUT2D eigenvalue weighted by Crippen LogP contribution is 2.48. The van der Waals surface area contributed by atoms with E-state index in [0.29, 0.717) is 0 Å². The van der Waals surface area contributed by atoms with E-state index in [0.717, 1.165) is 40.3 Å². The van der Waals surface area contributed by atoms with Crippen LogP contribution in [0.1, 0.15) is 24.8 Å². The van der Waals surface area contributed by atoms with Crippen LogP contribution in [0.25, 0.3) is 10.9 Å². The molecule has 1 aromatic carbocycles. The third-order valence-electron chi connectivity index (χ3n) is 3.78. The number of fused-ring (bicyclic) bond motifs is 1. The van der Waals surface area contributed by atoms with Crippen molar-refractivity contribution in [3.8, 4) is 0 Å². The van der Waals surface area contributed by atoms with Crippen molar-refractivity contribution in [2.24, 2.45) is 12.0 Å². The van der Waals surface area contributed by atoms with Crippen LogP contribution in [-0.4, -0.2) is 15.9 Å². The van der Waals surface area contributed by atoms with Crippen LogP contribution >= 0.6 is 15.9 Å². The first-order valence-electron chi connectivity index (χ1n) is 5.89. The van der Waals surface area contributed by atoms with Gasteiger partial charge in [0.15, 0.2) is 0 Å². The molecule has 1 fully saturated rings. The zero-order valence-electron chi connectivity index (χ0n) is 9.98. The van der Waals surface area contributed by atoms with Gasteiger partial charge in [-0.15, -0.1) is 0 Å². The second kappa shape index (κ2) is 4.04. The zero-order chi connectivity index (χ0) is 12.8. The Bertz CT molecular complexity index is 666. The van der Waals surface area contributed by atoms with Crippen molar-refractivity contribution >= 4 is 32.9 Å². The second-order valence-corrected chi connectivity index (χ2v) is 5.45. The van der Waals surface area contributed by atoms with Crippen molar-refractivity contribution in [2.45, 2.75) is 24.8 Å². The number of nitrogens with zero attached hydrogens (tertiary/aromatic N) is 3. The summed E-state index contributed by atoms with van der Waals surface area (Å²) in [4.78, 5) is 14.8. The average Bonchev–Trinajstić information content (AvgIpc) is 2.60. The van der Waals surface area contributed by atoms with E-state index in [1.807, 2.05) is 29.9 Å². The summed E-state index contributed by atoms with van der Waals surface area (Å²) in [5.41, 5.74) is 1.74. The molecule has 0 aliphatic heterocycles. The zero-order valence-corrected chi connectivity index (χ0v) is 11.6. The minimum atomic E-state index is -0.382. The van der Waals surface area contributed by atoms with Gasteiger partial charge in [0.1, 0.15) is 4.60 Å². The topological polar surface area (TPSA) is 47.2 Å². The van der Waals surface area contributed by atoms with Gasteiger partial charge in [-0.3, -0.25) is 4.68 Å². The minimum Gasteiger partial charge on any atom is -0.267 e. The monoisotopic (exact) mass is 305 g/mol. The van der Waals surface area contributed by atoms with E-state index in [1.54, 1.807) is 6.08 Å². The van der Waals surface area contributed by atoms with Crippen molar-refractivity contribution < 1.29 is 4.79 Å². The van der Waals surface area contributed by atoms with Gasteiger partial charge in [0.2, 0.25) is 6.08 Å². The number of benzene rings is 1. The Balaban J connectivity index is 2.32. The van der Waals surface area contributed by atoms with Crippen LogP contribution in [-0.2, 0) is 17.4 Å². The Kier molecular flexibility index (Phi) is 2.61. The van der Waals surface area contributed by atoms with Gasteiger partial charge in [-0.05, 0) is 46.8 Å². The summed E-state index contributed by atoms with van der Waals surface area (Å²) in [6, 6.07) is 6.05. The fraction of sp³-hybridized carbons (Fsp3) is 0.385. The molecule has 0 amide bonds. The molecule has 0 unspecified atom stereocenters. The van der Waals surface area contributed by atoms with Crippen molar-refractivity contribution in [2.75, 3.05) is 0 Å². The molecule has 0 saturated heterocycles. The Morgan fingerprint density at radius 1 is 1.50 bits per heavy atom. The molecule has 1 heterocycles. The van der Waals surface area contributed by atoms with Crippen LogP contribution in [0.3, 0.4) is 0 Å². The van der Waals surface area contributed by atoms with E-state index in [-0.39, 0.29) is 5.54 Å². The average molecular weight is 306 g/mol. The van der Waals surface area contributed by atoms with Crippen LogP contribution in [0, 0.1) is 0 Å². The summed E-state index contributed by atoms with van der Waals surface area (Å²) in [5, 5.41) is 5.43. The Morgan fingerprint density at radius 2 is 2.28 bits per heavy atom. The Hall–Kier alpha value is -1.45. The highest BCUT2D eigenvalue weighted by atomic mass is 79.9. The molecule has 1 aliphatic carbocycles. The number of hydrogen-bond donors (Lipinski definition) is 0. The van der Waals surface area contributed by atoms with Crippen LogP contribution in [0.4, 0.5) is 0 Å². The molecule has 92 valence electrons. The van der Waals surface area contributed by atoms with Gasteiger partial charge in [0, 0.05) is 12.4 Å². The summed E-state index contributed by atoms with van der Waals surface area (Å²) in [5.74, 6) is 0. The SMILES string of the molecule is Cn1nc(Br)c2c(C3(N=C=O)CCC3)cccc21. The second-order valence-electron chi connectivity index (χ2n) is 4.70. The van der Waals surface area contributed by atoms with Gasteiger partial charge in [-0.1, -0.05) is 12.1 Å². The minimum absolute atomic E-state index is 0.382. The predicted octanol–water partition coefficient (Wildman–Crippen LogP) is 3.05. The van der Waals surface area contributed by atoms with E-state index >= 15 is 0 Å². The van der Waals surface area contributed by atoms with Gasteiger partial charge in [-0.25, -0.2) is 4.79 Å². The summed E-state index contributed by atoms with van der Waals surface area (Å²) in [6.07, 6.45) is 4.64. The molecule has 1 saturated carbocycles. The first-order valence-corrected chi connectivity index (χ1v) is 6.68. The normalized spacial score (nSPS) is 17.2. The third kappa shape index (κ3) is 1.48. The molecule has 0 radical (unpaired) electrons. The fourth-order valence-electron chi connectivity index (χ4n) is 2.69. The van der Waals surface area contributed by atoms with Crippen molar-refractivity contribution in [3.63, 3.8) is 0 Å². The van der Waals surface area contributed by atoms with Gasteiger partial charge in [0.25, 0.3) is 0 Å². The molecule has 0 atom stereocenters. The van der Waals surface area contributed by atoms with Crippen molar-refractivity contribution in [1.82, 2.24) is 9.78 Å². The predicted molar refractivity (Wildman–Crippen MR) is 72.1 cm³/mol. The number of aromatic nitrogens is 2. The molecule has 5 heteroatoms. The number of carbonyl (C=O) groups excluding carboxylic acids is 1. The maximum atomic E-state index is 10.7. The van der Waals surface area contributed by atoms with E-state index in [9.17, 15) is 4.79 Å². The molecule has 2 aromatic rings. The van der Waals surface area contributed by atoms with E-state index in [4.69, 9.17) is 0 Å². The lowest BCUT2D eigenvalue weighted by molar-refractivity contribution is 0.258. The lowest BCUT2D eigenvalue weighted by Crippen LogP contribution is -2.32. The van der Waals surface area contributed by atoms with Crippen LogP contribution in [0.2, 0.25) is 0 Å². The summed E-state index contributed by atoms with van der Waals surface area (Å²) in [6.45, 7) is 0. The van der Waals surface area contributed by atoms with Gasteiger partial charge < -0.3 is 0 Å². The van der Waals surface area contributed by atoms with E-state index in [2.05, 4.69) is 26.0 Å². The number of rotatable bonds is 2. The maximum Gasteiger partial charge on any atom is 0.235 e. The molecule has 18 heavy (non-hydrogen) atoms. The number of aryl methyl sites for hydroxylation is 1. The van der Waals surface area contributed by atoms with Crippen molar-refractivity contribution in [1.29, 1.82) is 0 Å². The van der Waals surface area contributed by atoms with E-state index < -0.39 is 0 Å². The number of halogens is 1. The summed E-state index contributed by atoms with van der Waals surface area (Å²) >= 11 is 3.49. The molecule has 4 nitrogen and oxygen atoms in total. The lowest BCUT2D eigenvalue weighted by atomic mass is 9.71. The van der Waals surface area contributed by atoms with Gasteiger partial charge >= 0.3 is 0 Å². The smallest absolute Gasteiger partial charge is 0.235 e. The standard InChI is InChI=1S/C13H12BrN3O/c1-17-10-5-2-4-9(11(10)12(14)16-17)13(15-8-18)6-3-7-13/h2,4-5H,3,6-7H2,1H3. The molecule has 3 rings (SSSR count). The maximum absolute atomic E-state index is 10.7. The number of aliphatic imine (C=N–C) groups is 1. The van der Waals surface area contributed by atoms with Crippen molar-refractivity contribution in [3.05, 3.63) is 28.4 Å². The quantitative estimate of drug-likeness (QED) is 0.632. The summed E-state index contributed by atoms with van der Waals surface area (Å²) < 4.78 is 2.64. The molecular formula is C13H12BrN3O. The van der Waals surface area contributed by atoms with Crippen LogP contribution < -0.4 is 0 Å². The largest absolute Gasteiger partial charge is 0.267 e. The number of hydrogen-bond acceptors (Lipinski definition) is 3.